The van der Waals surface area contributed by atoms with Crippen molar-refractivity contribution in [3.05, 3.63) is 11.6 Å². The predicted molar refractivity (Wildman–Crippen MR) is 83.8 cm³/mol. The van der Waals surface area contributed by atoms with E-state index in [0.29, 0.717) is 24.6 Å². The summed E-state index contributed by atoms with van der Waals surface area (Å²) in [5.41, 5.74) is -0.157. The molecule has 1 aromatic heterocycles. The largest absolute Gasteiger partial charge is 0.481 e. The van der Waals surface area contributed by atoms with Gasteiger partial charge >= 0.3 is 12.0 Å². The number of piperidine rings is 1. The van der Waals surface area contributed by atoms with Crippen molar-refractivity contribution >= 4 is 12.0 Å². The summed E-state index contributed by atoms with van der Waals surface area (Å²) >= 11 is 0. The molecule has 1 aliphatic heterocycles. The summed E-state index contributed by atoms with van der Waals surface area (Å²) in [5, 5.41) is 18.9. The van der Waals surface area contributed by atoms with Crippen LogP contribution in [0, 0.1) is 11.8 Å². The molecule has 8 nitrogen and oxygen atoms in total. The van der Waals surface area contributed by atoms with Gasteiger partial charge in [0.2, 0.25) is 0 Å². The van der Waals surface area contributed by atoms with Crippen LogP contribution in [0.15, 0.2) is 0 Å². The number of carbonyl (C=O) groups excluding carboxylic acids is 1. The van der Waals surface area contributed by atoms with Crippen LogP contribution in [-0.4, -0.2) is 50.3 Å². The Labute approximate surface area is 135 Å². The second-order valence-corrected chi connectivity index (χ2v) is 7.30. The molecule has 2 amide bonds. The number of aromatic amines is 1. The number of aliphatic carboxylic acids is 1. The van der Waals surface area contributed by atoms with Crippen molar-refractivity contribution in [1.82, 2.24) is 25.4 Å². The molecule has 3 N–H and O–H groups in total. The molecular formula is C15H25N5O3. The van der Waals surface area contributed by atoms with Crippen LogP contribution in [0.25, 0.3) is 0 Å². The van der Waals surface area contributed by atoms with Gasteiger partial charge in [0.05, 0.1) is 12.5 Å². The summed E-state index contributed by atoms with van der Waals surface area (Å²) in [6.07, 6.45) is 0.607. The summed E-state index contributed by atoms with van der Waals surface area (Å²) in [5.74, 6) is 0.109. The molecule has 0 bridgehead atoms. The number of H-pyrrole nitrogens is 1. The van der Waals surface area contributed by atoms with Crippen molar-refractivity contribution in [3.8, 4) is 0 Å². The first-order valence-corrected chi connectivity index (χ1v) is 7.84. The number of rotatable bonds is 3. The van der Waals surface area contributed by atoms with Crippen LogP contribution in [-0.2, 0) is 16.8 Å². The van der Waals surface area contributed by atoms with Gasteiger partial charge in [-0.05, 0) is 12.3 Å². The molecule has 1 fully saturated rings. The standard InChI is InChI=1S/C15H25N5O3/c1-9-5-10(12(21)22)8-20(7-9)14(23)16-6-11-17-13(19-18-11)15(2,3)4/h9-10H,5-8H2,1-4H3,(H,16,23)(H,21,22)(H,17,18,19). The van der Waals surface area contributed by atoms with E-state index in [4.69, 9.17) is 5.11 Å². The highest BCUT2D eigenvalue weighted by molar-refractivity contribution is 5.76. The molecule has 2 unspecified atom stereocenters. The van der Waals surface area contributed by atoms with Gasteiger partial charge in [0.1, 0.15) is 5.82 Å². The molecule has 8 heteroatoms. The summed E-state index contributed by atoms with van der Waals surface area (Å²) in [7, 11) is 0. The van der Waals surface area contributed by atoms with Crippen LogP contribution in [0.3, 0.4) is 0 Å². The minimum absolute atomic E-state index is 0.157. The van der Waals surface area contributed by atoms with E-state index in [2.05, 4.69) is 20.5 Å². The van der Waals surface area contributed by atoms with Crippen molar-refractivity contribution in [2.24, 2.45) is 11.8 Å². The summed E-state index contributed by atoms with van der Waals surface area (Å²) in [6.45, 7) is 9.06. The fourth-order valence-electron chi connectivity index (χ4n) is 2.68. The topological polar surface area (TPSA) is 111 Å². The van der Waals surface area contributed by atoms with Gasteiger partial charge in [0, 0.05) is 18.5 Å². The lowest BCUT2D eigenvalue weighted by molar-refractivity contribution is -0.143. The fraction of sp³-hybridized carbons (Fsp3) is 0.733. The Morgan fingerprint density at radius 2 is 2.09 bits per heavy atom. The van der Waals surface area contributed by atoms with Gasteiger partial charge < -0.3 is 15.3 Å². The van der Waals surface area contributed by atoms with Gasteiger partial charge in [0.15, 0.2) is 5.82 Å². The molecule has 0 aromatic carbocycles. The van der Waals surface area contributed by atoms with Crippen LogP contribution in [0.2, 0.25) is 0 Å². The van der Waals surface area contributed by atoms with Crippen LogP contribution in [0.1, 0.15) is 45.8 Å². The number of hydrogen-bond donors (Lipinski definition) is 3. The van der Waals surface area contributed by atoms with Gasteiger partial charge in [-0.1, -0.05) is 27.7 Å². The number of urea groups is 1. The highest BCUT2D eigenvalue weighted by Gasteiger charge is 2.31. The zero-order valence-electron chi connectivity index (χ0n) is 14.1. The number of carboxylic acid groups (broad SMARTS) is 1. The number of aromatic nitrogens is 3. The molecule has 2 heterocycles. The fourth-order valence-corrected chi connectivity index (χ4v) is 2.68. The highest BCUT2D eigenvalue weighted by atomic mass is 16.4. The van der Waals surface area contributed by atoms with Gasteiger partial charge in [-0.3, -0.25) is 9.89 Å². The van der Waals surface area contributed by atoms with Crippen molar-refractivity contribution in [2.75, 3.05) is 13.1 Å². The van der Waals surface area contributed by atoms with E-state index in [9.17, 15) is 9.59 Å². The van der Waals surface area contributed by atoms with Crippen molar-refractivity contribution in [2.45, 2.75) is 46.1 Å². The Morgan fingerprint density at radius 1 is 1.39 bits per heavy atom. The third-order valence-electron chi connectivity index (χ3n) is 3.91. The van der Waals surface area contributed by atoms with E-state index in [1.165, 1.54) is 0 Å². The summed E-state index contributed by atoms with van der Waals surface area (Å²) in [6, 6.07) is -0.267. The molecule has 0 aliphatic carbocycles. The maximum absolute atomic E-state index is 12.2. The summed E-state index contributed by atoms with van der Waals surface area (Å²) < 4.78 is 0. The van der Waals surface area contributed by atoms with Crippen LogP contribution >= 0.6 is 0 Å². The van der Waals surface area contributed by atoms with E-state index >= 15 is 0 Å². The smallest absolute Gasteiger partial charge is 0.317 e. The maximum atomic E-state index is 12.2. The minimum atomic E-state index is -0.848. The Bertz CT molecular complexity index is 578. The van der Waals surface area contributed by atoms with Gasteiger partial charge in [-0.2, -0.15) is 5.10 Å². The number of amides is 2. The second-order valence-electron chi connectivity index (χ2n) is 7.30. The predicted octanol–water partition coefficient (Wildman–Crippen LogP) is 1.35. The SMILES string of the molecule is CC1CC(C(=O)O)CN(C(=O)NCc2nc(C(C)(C)C)n[nH]2)C1. The molecule has 0 radical (unpaired) electrons. The summed E-state index contributed by atoms with van der Waals surface area (Å²) in [4.78, 5) is 29.3. The molecule has 1 aromatic rings. The molecule has 2 rings (SSSR count). The average molecular weight is 323 g/mol. The monoisotopic (exact) mass is 323 g/mol. The normalized spacial score (nSPS) is 22.0. The first kappa shape index (κ1) is 17.2. The molecule has 23 heavy (non-hydrogen) atoms. The van der Waals surface area contributed by atoms with E-state index in [1.807, 2.05) is 27.7 Å². The van der Waals surface area contributed by atoms with Crippen molar-refractivity contribution < 1.29 is 14.7 Å². The maximum Gasteiger partial charge on any atom is 0.317 e. The van der Waals surface area contributed by atoms with Gasteiger partial charge in [-0.15, -0.1) is 0 Å². The Hall–Kier alpha value is -2.12. The lowest BCUT2D eigenvalue weighted by atomic mass is 9.91. The quantitative estimate of drug-likeness (QED) is 0.777. The van der Waals surface area contributed by atoms with E-state index < -0.39 is 11.9 Å². The van der Waals surface area contributed by atoms with E-state index in [0.717, 1.165) is 0 Å². The van der Waals surface area contributed by atoms with Crippen LogP contribution in [0.5, 0.6) is 0 Å². The van der Waals surface area contributed by atoms with Crippen molar-refractivity contribution in [3.63, 3.8) is 0 Å². The molecule has 0 saturated carbocycles. The van der Waals surface area contributed by atoms with Gasteiger partial charge in [-0.25, -0.2) is 9.78 Å². The Balaban J connectivity index is 1.91. The zero-order valence-corrected chi connectivity index (χ0v) is 14.1. The molecule has 0 spiro atoms. The van der Waals surface area contributed by atoms with E-state index in [-0.39, 0.29) is 30.5 Å². The number of carboxylic acids is 1. The highest BCUT2D eigenvalue weighted by Crippen LogP contribution is 2.22. The first-order chi connectivity index (χ1) is 10.7. The third kappa shape index (κ3) is 4.43. The number of carbonyl (C=O) groups is 2. The number of nitrogens with one attached hydrogen (secondary N) is 2. The van der Waals surface area contributed by atoms with Gasteiger partial charge in [0.25, 0.3) is 0 Å². The average Bonchev–Trinajstić information content (AvgIpc) is 2.93. The van der Waals surface area contributed by atoms with Crippen LogP contribution in [0.4, 0.5) is 4.79 Å². The Morgan fingerprint density at radius 3 is 2.65 bits per heavy atom. The molecule has 1 saturated heterocycles. The number of likely N-dealkylation sites (tertiary alicyclic amines) is 1. The third-order valence-corrected chi connectivity index (χ3v) is 3.91. The first-order valence-electron chi connectivity index (χ1n) is 7.84. The molecule has 128 valence electrons. The van der Waals surface area contributed by atoms with Crippen LogP contribution < -0.4 is 5.32 Å². The lowest BCUT2D eigenvalue weighted by Gasteiger charge is -2.34. The molecule has 1 aliphatic rings. The zero-order chi connectivity index (χ0) is 17.2. The molecular weight excluding hydrogens is 298 g/mol. The molecule has 2 atom stereocenters. The Kier molecular flexibility index (Phi) is 4.91. The lowest BCUT2D eigenvalue weighted by Crippen LogP contribution is -2.49. The van der Waals surface area contributed by atoms with E-state index in [1.54, 1.807) is 4.90 Å². The number of nitrogens with zero attached hydrogens (tertiary/aromatic N) is 3. The number of hydrogen-bond acceptors (Lipinski definition) is 4. The second kappa shape index (κ2) is 6.55. The minimum Gasteiger partial charge on any atom is -0.481 e. The van der Waals surface area contributed by atoms with Crippen molar-refractivity contribution in [1.29, 1.82) is 0 Å².